The van der Waals surface area contributed by atoms with Crippen molar-refractivity contribution in [3.05, 3.63) is 12.2 Å². The summed E-state index contributed by atoms with van der Waals surface area (Å²) in [6, 6.07) is 0. The number of carbonyl (C=O) groups is 1. The van der Waals surface area contributed by atoms with Crippen LogP contribution in [0.25, 0.3) is 0 Å². The summed E-state index contributed by atoms with van der Waals surface area (Å²) in [5.74, 6) is 0.261. The molecule has 1 aliphatic heterocycles. The number of methoxy groups -OCH3 is 1. The molecule has 1 spiro atoms. The van der Waals surface area contributed by atoms with Crippen LogP contribution in [0.4, 0.5) is 0 Å². The first-order chi connectivity index (χ1) is 9.38. The molecule has 2 fully saturated rings. The number of carbonyl (C=O) groups excluding carboxylic acids is 1. The normalized spacial score (nSPS) is 51.5. The first kappa shape index (κ1) is 14.6. The van der Waals surface area contributed by atoms with Gasteiger partial charge in [-0.1, -0.05) is 19.1 Å². The van der Waals surface area contributed by atoms with Crippen LogP contribution in [0, 0.1) is 11.3 Å². The van der Waals surface area contributed by atoms with E-state index in [2.05, 4.69) is 26.0 Å². The fraction of sp³-hybridized carbons (Fsp3) is 0.812. The lowest BCUT2D eigenvalue weighted by atomic mass is 9.62. The summed E-state index contributed by atoms with van der Waals surface area (Å²) in [6.45, 7) is 4.81. The maximum absolute atomic E-state index is 13.0. The first-order valence-corrected chi connectivity index (χ1v) is 7.87. The maximum atomic E-state index is 13.0. The highest BCUT2D eigenvalue weighted by Gasteiger charge is 2.65. The monoisotopic (exact) mass is 298 g/mol. The molecular formula is C16H23ClO3. The van der Waals surface area contributed by atoms with Gasteiger partial charge in [-0.3, -0.25) is 4.79 Å². The molecule has 4 rings (SSSR count). The molecule has 1 saturated heterocycles. The minimum atomic E-state index is -0.881. The third-order valence-electron chi connectivity index (χ3n) is 5.71. The highest BCUT2D eigenvalue weighted by molar-refractivity contribution is 6.24. The predicted molar refractivity (Wildman–Crippen MR) is 78.0 cm³/mol. The smallest absolute Gasteiger partial charge is 0.167 e. The molecule has 0 aromatic rings. The van der Waals surface area contributed by atoms with Crippen molar-refractivity contribution >= 4 is 17.4 Å². The Kier molecular flexibility index (Phi) is 3.32. The molecule has 112 valence electrons. The second kappa shape index (κ2) is 4.56. The van der Waals surface area contributed by atoms with Crippen molar-refractivity contribution in [3.63, 3.8) is 0 Å². The average Bonchev–Trinajstić information content (AvgIpc) is 2.55. The van der Waals surface area contributed by atoms with Gasteiger partial charge in [-0.15, -0.1) is 11.6 Å². The Morgan fingerprint density at radius 3 is 2.85 bits per heavy atom. The van der Waals surface area contributed by atoms with Crippen molar-refractivity contribution < 1.29 is 14.3 Å². The molecule has 5 atom stereocenters. The van der Waals surface area contributed by atoms with Crippen molar-refractivity contribution in [1.82, 2.24) is 0 Å². The van der Waals surface area contributed by atoms with Crippen molar-refractivity contribution in [2.75, 3.05) is 13.7 Å². The molecule has 3 aliphatic carbocycles. The highest BCUT2D eigenvalue weighted by Crippen LogP contribution is 2.57. The number of halogens is 1. The van der Waals surface area contributed by atoms with Gasteiger partial charge in [-0.2, -0.15) is 0 Å². The fourth-order valence-electron chi connectivity index (χ4n) is 4.45. The van der Waals surface area contributed by atoms with Gasteiger partial charge in [0.15, 0.2) is 11.4 Å². The van der Waals surface area contributed by atoms with Crippen LogP contribution in [-0.4, -0.2) is 36.1 Å². The molecule has 0 aromatic carbocycles. The summed E-state index contributed by atoms with van der Waals surface area (Å²) in [5.41, 5.74) is -1.59. The number of ether oxygens (including phenoxy) is 2. The second-order valence-corrected chi connectivity index (χ2v) is 7.42. The van der Waals surface area contributed by atoms with Crippen LogP contribution >= 0.6 is 11.6 Å². The molecule has 2 bridgehead atoms. The Morgan fingerprint density at radius 1 is 1.45 bits per heavy atom. The zero-order chi connectivity index (χ0) is 14.6. The molecule has 20 heavy (non-hydrogen) atoms. The Hall–Kier alpha value is -0.380. The van der Waals surface area contributed by atoms with Crippen molar-refractivity contribution in [3.8, 4) is 0 Å². The lowest BCUT2D eigenvalue weighted by Gasteiger charge is -2.52. The van der Waals surface area contributed by atoms with E-state index in [4.69, 9.17) is 21.1 Å². The van der Waals surface area contributed by atoms with Crippen molar-refractivity contribution in [1.29, 1.82) is 0 Å². The third kappa shape index (κ3) is 1.69. The van der Waals surface area contributed by atoms with E-state index >= 15 is 0 Å². The third-order valence-corrected chi connectivity index (χ3v) is 6.23. The molecule has 0 radical (unpaired) electrons. The number of hydrogen-bond acceptors (Lipinski definition) is 3. The minimum Gasteiger partial charge on any atom is -0.378 e. The van der Waals surface area contributed by atoms with Gasteiger partial charge in [0.25, 0.3) is 0 Å². The number of Topliss-reactive ketones (excluding diaryl/α,β-unsaturated/α-hetero) is 1. The van der Waals surface area contributed by atoms with E-state index in [9.17, 15) is 4.79 Å². The Labute approximate surface area is 125 Å². The molecular weight excluding hydrogens is 276 g/mol. The summed E-state index contributed by atoms with van der Waals surface area (Å²) in [6.07, 6.45) is 7.29. The molecule has 1 saturated carbocycles. The van der Waals surface area contributed by atoms with Crippen LogP contribution in [0.2, 0.25) is 0 Å². The van der Waals surface area contributed by atoms with E-state index in [0.717, 1.165) is 19.3 Å². The molecule has 4 aliphatic rings. The largest absolute Gasteiger partial charge is 0.378 e. The van der Waals surface area contributed by atoms with Crippen LogP contribution in [0.3, 0.4) is 0 Å². The number of hydrogen-bond donors (Lipinski definition) is 0. The summed E-state index contributed by atoms with van der Waals surface area (Å²) in [7, 11) is 1.73. The fourth-order valence-corrected chi connectivity index (χ4v) is 5.04. The van der Waals surface area contributed by atoms with E-state index in [0.29, 0.717) is 13.0 Å². The molecule has 4 heteroatoms. The average molecular weight is 299 g/mol. The summed E-state index contributed by atoms with van der Waals surface area (Å²) in [4.78, 5) is 13.0. The van der Waals surface area contributed by atoms with Crippen LogP contribution in [0.1, 0.15) is 39.5 Å². The number of ketones is 1. The van der Waals surface area contributed by atoms with Gasteiger partial charge in [-0.05, 0) is 26.2 Å². The van der Waals surface area contributed by atoms with E-state index < -0.39 is 11.0 Å². The van der Waals surface area contributed by atoms with E-state index in [1.807, 2.05) is 0 Å². The lowest BCUT2D eigenvalue weighted by molar-refractivity contribution is -0.171. The summed E-state index contributed by atoms with van der Waals surface area (Å²) >= 11 is 6.62. The second-order valence-electron chi connectivity index (χ2n) is 6.90. The predicted octanol–water partition coefficient (Wildman–Crippen LogP) is 3.10. The van der Waals surface area contributed by atoms with E-state index in [1.54, 1.807) is 7.11 Å². The highest BCUT2D eigenvalue weighted by atomic mass is 35.5. The van der Waals surface area contributed by atoms with Crippen molar-refractivity contribution in [2.24, 2.45) is 11.3 Å². The van der Waals surface area contributed by atoms with Crippen LogP contribution < -0.4 is 0 Å². The number of fused-ring (bicyclic) bond motifs is 2. The molecule has 1 heterocycles. The minimum absolute atomic E-state index is 0.113. The Morgan fingerprint density at radius 2 is 2.20 bits per heavy atom. The van der Waals surface area contributed by atoms with Gasteiger partial charge in [0.2, 0.25) is 0 Å². The number of rotatable bonds is 1. The van der Waals surface area contributed by atoms with Gasteiger partial charge < -0.3 is 9.47 Å². The van der Waals surface area contributed by atoms with Gasteiger partial charge in [0, 0.05) is 31.5 Å². The van der Waals surface area contributed by atoms with Gasteiger partial charge in [0.05, 0.1) is 11.0 Å². The topological polar surface area (TPSA) is 35.5 Å². The van der Waals surface area contributed by atoms with Crippen LogP contribution in [0.5, 0.6) is 0 Å². The van der Waals surface area contributed by atoms with Gasteiger partial charge in [-0.25, -0.2) is 0 Å². The van der Waals surface area contributed by atoms with Crippen LogP contribution in [-0.2, 0) is 14.3 Å². The molecule has 3 nitrogen and oxygen atoms in total. The van der Waals surface area contributed by atoms with Crippen LogP contribution in [0.15, 0.2) is 12.2 Å². The first-order valence-electron chi connectivity index (χ1n) is 7.44. The molecule has 0 N–H and O–H groups in total. The Bertz CT molecular complexity index is 463. The van der Waals surface area contributed by atoms with E-state index in [-0.39, 0.29) is 22.7 Å². The van der Waals surface area contributed by atoms with Crippen molar-refractivity contribution in [2.45, 2.75) is 56.1 Å². The van der Waals surface area contributed by atoms with Gasteiger partial charge in [0.1, 0.15) is 0 Å². The zero-order valence-electron chi connectivity index (χ0n) is 12.4. The van der Waals surface area contributed by atoms with E-state index in [1.165, 1.54) is 0 Å². The standard InChI is InChI=1S/C16H23ClO3/c1-14-7-6-11(15(2,10-14)19-3)9-13(18)16(14)12(17)5-4-8-20-16/h6-7,11-12H,4-5,8-10H2,1-3H3/t11-,12-,14-,15-,16+/m1/s1. The maximum Gasteiger partial charge on any atom is 0.167 e. The number of alkyl halides is 1. The molecule has 0 amide bonds. The molecule has 0 unspecified atom stereocenters. The SMILES string of the molecule is CO[C@]1(C)C[C@@]2(C)C=C[C@@H]1CC(=O)[C@]21OCCC[C@H]1Cl. The van der Waals surface area contributed by atoms with Gasteiger partial charge >= 0.3 is 0 Å². The molecule has 0 aromatic heterocycles. The quantitative estimate of drug-likeness (QED) is 0.551. The summed E-state index contributed by atoms with van der Waals surface area (Å²) < 4.78 is 11.9. The lowest BCUT2D eigenvalue weighted by Crippen LogP contribution is -2.62. The Balaban J connectivity index is 2.13. The zero-order valence-corrected chi connectivity index (χ0v) is 13.2. The summed E-state index contributed by atoms with van der Waals surface area (Å²) in [5, 5.41) is -0.253.